The van der Waals surface area contributed by atoms with Gasteiger partial charge >= 0.3 is 5.97 Å². The van der Waals surface area contributed by atoms with E-state index in [-0.39, 0.29) is 11.6 Å². The van der Waals surface area contributed by atoms with Crippen LogP contribution in [-0.2, 0) is 20.7 Å². The van der Waals surface area contributed by atoms with E-state index in [2.05, 4.69) is 10.1 Å². The molecule has 0 heterocycles. The van der Waals surface area contributed by atoms with E-state index in [0.29, 0.717) is 0 Å². The summed E-state index contributed by atoms with van der Waals surface area (Å²) in [7, 11) is 1.27. The van der Waals surface area contributed by atoms with Crippen LogP contribution in [-0.4, -0.2) is 19.0 Å². The number of hydrogen-bond acceptors (Lipinski definition) is 3. The molecule has 19 heavy (non-hydrogen) atoms. The number of carbonyl (C=O) groups is 2. The van der Waals surface area contributed by atoms with Crippen LogP contribution in [0.5, 0.6) is 0 Å². The van der Waals surface area contributed by atoms with Crippen LogP contribution in [0.25, 0.3) is 0 Å². The molecule has 4 nitrogen and oxygen atoms in total. The number of esters is 1. The highest BCUT2D eigenvalue weighted by Gasteiger charge is 2.09. The maximum absolute atomic E-state index is 11.4. The second-order valence-electron chi connectivity index (χ2n) is 3.87. The second kappa shape index (κ2) is 7.87. The normalized spacial score (nSPS) is 11.4. The Balaban J connectivity index is 2.64. The molecule has 0 aliphatic heterocycles. The summed E-state index contributed by atoms with van der Waals surface area (Å²) in [5, 5.41) is 2.43. The topological polar surface area (TPSA) is 55.4 Å². The molecule has 4 heteroatoms. The summed E-state index contributed by atoms with van der Waals surface area (Å²) in [6, 6.07) is 9.93. The maximum Gasteiger partial charge on any atom is 0.354 e. The summed E-state index contributed by atoms with van der Waals surface area (Å²) in [5.41, 5.74) is 1.30. The van der Waals surface area contributed by atoms with E-state index in [9.17, 15) is 9.59 Å². The molecule has 0 saturated carbocycles. The number of amides is 1. The van der Waals surface area contributed by atoms with E-state index in [4.69, 9.17) is 0 Å². The van der Waals surface area contributed by atoms with Crippen LogP contribution >= 0.6 is 0 Å². The van der Waals surface area contributed by atoms with E-state index in [1.54, 1.807) is 6.08 Å². The first-order chi connectivity index (χ1) is 9.13. The highest BCUT2D eigenvalue weighted by Crippen LogP contribution is 2.01. The predicted molar refractivity (Wildman–Crippen MR) is 73.2 cm³/mol. The van der Waals surface area contributed by atoms with Crippen molar-refractivity contribution in [3.63, 3.8) is 0 Å². The zero-order valence-corrected chi connectivity index (χ0v) is 11.1. The molecule has 1 rings (SSSR count). The van der Waals surface area contributed by atoms with Crippen molar-refractivity contribution in [1.29, 1.82) is 0 Å². The average molecular weight is 259 g/mol. The predicted octanol–water partition coefficient (Wildman–Crippen LogP) is 1.98. The van der Waals surface area contributed by atoms with Crippen molar-refractivity contribution in [2.45, 2.75) is 13.3 Å². The van der Waals surface area contributed by atoms with E-state index in [0.717, 1.165) is 6.42 Å². The number of rotatable bonds is 5. The minimum atomic E-state index is -0.570. The highest BCUT2D eigenvalue weighted by atomic mass is 16.5. The van der Waals surface area contributed by atoms with E-state index in [1.165, 1.54) is 25.7 Å². The lowest BCUT2D eigenvalue weighted by Crippen LogP contribution is -2.25. The molecule has 1 N–H and O–H groups in total. The fourth-order valence-electron chi connectivity index (χ4n) is 1.44. The highest BCUT2D eigenvalue weighted by molar-refractivity contribution is 5.93. The zero-order valence-electron chi connectivity index (χ0n) is 11.1. The van der Waals surface area contributed by atoms with Gasteiger partial charge in [0.25, 0.3) is 0 Å². The molecule has 0 spiro atoms. The Kier molecular flexibility index (Phi) is 6.09. The first-order valence-electron chi connectivity index (χ1n) is 5.90. The first-order valence-corrected chi connectivity index (χ1v) is 5.90. The molecule has 1 aromatic carbocycles. The van der Waals surface area contributed by atoms with Crippen LogP contribution in [0, 0.1) is 0 Å². The largest absolute Gasteiger partial charge is 0.464 e. The van der Waals surface area contributed by atoms with Crippen molar-refractivity contribution < 1.29 is 14.3 Å². The van der Waals surface area contributed by atoms with Crippen molar-refractivity contribution in [2.75, 3.05) is 7.11 Å². The molecule has 0 bridgehead atoms. The molecular weight excluding hydrogens is 242 g/mol. The van der Waals surface area contributed by atoms with E-state index < -0.39 is 5.97 Å². The van der Waals surface area contributed by atoms with Gasteiger partial charge in [-0.05, 0) is 18.1 Å². The molecular formula is C15H17NO3. The Morgan fingerprint density at radius 1 is 1.26 bits per heavy atom. The number of nitrogens with one attached hydrogen (secondary N) is 1. The van der Waals surface area contributed by atoms with Gasteiger partial charge in [0.15, 0.2) is 0 Å². The molecule has 1 aromatic rings. The number of methoxy groups -OCH3 is 1. The molecule has 0 saturated heterocycles. The smallest absolute Gasteiger partial charge is 0.354 e. The second-order valence-corrected chi connectivity index (χ2v) is 3.87. The van der Waals surface area contributed by atoms with Gasteiger partial charge in [0, 0.05) is 6.92 Å². The molecule has 0 radical (unpaired) electrons. The van der Waals surface area contributed by atoms with Crippen molar-refractivity contribution >= 4 is 11.9 Å². The number of hydrogen-bond donors (Lipinski definition) is 1. The molecule has 0 aliphatic carbocycles. The fraction of sp³-hybridized carbons (Fsp3) is 0.200. The third kappa shape index (κ3) is 5.68. The molecule has 0 atom stereocenters. The van der Waals surface area contributed by atoms with Crippen LogP contribution in [0.2, 0.25) is 0 Å². The number of benzene rings is 1. The summed E-state index contributed by atoms with van der Waals surface area (Å²) in [4.78, 5) is 22.3. The Labute approximate surface area is 112 Å². The van der Waals surface area contributed by atoms with Gasteiger partial charge in [-0.1, -0.05) is 42.5 Å². The van der Waals surface area contributed by atoms with Gasteiger partial charge in [-0.3, -0.25) is 4.79 Å². The third-order valence-electron chi connectivity index (χ3n) is 2.31. The third-order valence-corrected chi connectivity index (χ3v) is 2.31. The van der Waals surface area contributed by atoms with Gasteiger partial charge < -0.3 is 10.1 Å². The van der Waals surface area contributed by atoms with Gasteiger partial charge in [-0.25, -0.2) is 4.79 Å². The SMILES string of the molecule is COC(=O)/C(=C/C=C/Cc1ccccc1)NC(C)=O. The minimum absolute atomic E-state index is 0.124. The van der Waals surface area contributed by atoms with E-state index in [1.807, 2.05) is 36.4 Å². The summed E-state index contributed by atoms with van der Waals surface area (Å²) >= 11 is 0. The Bertz CT molecular complexity index is 489. The number of ether oxygens (including phenoxy) is 1. The lowest BCUT2D eigenvalue weighted by molar-refractivity contribution is -0.137. The first kappa shape index (κ1) is 14.7. The van der Waals surface area contributed by atoms with Gasteiger partial charge in [-0.2, -0.15) is 0 Å². The zero-order chi connectivity index (χ0) is 14.1. The van der Waals surface area contributed by atoms with Crippen LogP contribution in [0.1, 0.15) is 12.5 Å². The minimum Gasteiger partial charge on any atom is -0.464 e. The van der Waals surface area contributed by atoms with Crippen LogP contribution in [0.4, 0.5) is 0 Å². The summed E-state index contributed by atoms with van der Waals surface area (Å²) < 4.78 is 4.57. The van der Waals surface area contributed by atoms with E-state index >= 15 is 0 Å². The van der Waals surface area contributed by atoms with Gasteiger partial charge in [0.1, 0.15) is 5.70 Å². The standard InChI is InChI=1S/C15H17NO3/c1-12(17)16-14(15(18)19-2)11-7-6-10-13-8-4-3-5-9-13/h3-9,11H,10H2,1-2H3,(H,16,17)/b7-6+,14-11-. The van der Waals surface area contributed by atoms with Crippen molar-refractivity contribution in [2.24, 2.45) is 0 Å². The average Bonchev–Trinajstić information content (AvgIpc) is 2.42. The lowest BCUT2D eigenvalue weighted by atomic mass is 10.1. The molecule has 100 valence electrons. The molecule has 0 fully saturated rings. The Hall–Kier alpha value is -2.36. The maximum atomic E-state index is 11.4. The molecule has 0 aromatic heterocycles. The summed E-state index contributed by atoms with van der Waals surface area (Å²) in [6.07, 6.45) is 5.90. The van der Waals surface area contributed by atoms with Gasteiger partial charge in [-0.15, -0.1) is 0 Å². The number of allylic oxidation sites excluding steroid dienone is 3. The summed E-state index contributed by atoms with van der Waals surface area (Å²) in [5.74, 6) is -0.882. The quantitative estimate of drug-likeness (QED) is 0.500. The fourth-order valence-corrected chi connectivity index (χ4v) is 1.44. The molecule has 0 aliphatic rings. The Morgan fingerprint density at radius 2 is 1.95 bits per heavy atom. The van der Waals surface area contributed by atoms with Crippen LogP contribution in [0.3, 0.4) is 0 Å². The van der Waals surface area contributed by atoms with Gasteiger partial charge in [0.05, 0.1) is 7.11 Å². The van der Waals surface area contributed by atoms with Crippen molar-refractivity contribution in [3.05, 3.63) is 59.8 Å². The number of carbonyl (C=O) groups excluding carboxylic acids is 2. The van der Waals surface area contributed by atoms with Crippen molar-refractivity contribution in [1.82, 2.24) is 5.32 Å². The monoisotopic (exact) mass is 259 g/mol. The Morgan fingerprint density at radius 3 is 2.53 bits per heavy atom. The van der Waals surface area contributed by atoms with Gasteiger partial charge in [0.2, 0.25) is 5.91 Å². The molecule has 0 unspecified atom stereocenters. The van der Waals surface area contributed by atoms with Crippen LogP contribution in [0.15, 0.2) is 54.3 Å². The van der Waals surface area contributed by atoms with Crippen molar-refractivity contribution in [3.8, 4) is 0 Å². The van der Waals surface area contributed by atoms with Crippen LogP contribution < -0.4 is 5.32 Å². The lowest BCUT2D eigenvalue weighted by Gasteiger charge is -2.04. The molecule has 1 amide bonds. The summed E-state index contributed by atoms with van der Waals surface area (Å²) in [6.45, 7) is 1.34.